The number of aromatic nitrogens is 4. The van der Waals surface area contributed by atoms with Crippen molar-refractivity contribution in [1.29, 1.82) is 0 Å². The van der Waals surface area contributed by atoms with Crippen LogP contribution in [-0.4, -0.2) is 38.9 Å². The summed E-state index contributed by atoms with van der Waals surface area (Å²) in [5.74, 6) is 0.862. The van der Waals surface area contributed by atoms with Gasteiger partial charge in [-0.25, -0.2) is 9.97 Å². The molecule has 2 heterocycles. The number of hydrogen-bond donors (Lipinski definition) is 2. The maximum atomic E-state index is 4.25. The molecule has 0 bridgehead atoms. The Kier molecular flexibility index (Phi) is 2.64. The molecule has 0 aromatic carbocycles. The summed E-state index contributed by atoms with van der Waals surface area (Å²) in [4.78, 5) is 8.45. The zero-order valence-electron chi connectivity index (χ0n) is 9.85. The molecule has 90 valence electrons. The van der Waals surface area contributed by atoms with Crippen molar-refractivity contribution in [3.8, 4) is 0 Å². The smallest absolute Gasteiger partial charge is 0.163 e. The molecule has 2 aromatic heterocycles. The Hall–Kier alpha value is -1.69. The Morgan fingerprint density at radius 2 is 2.24 bits per heavy atom. The van der Waals surface area contributed by atoms with Gasteiger partial charge in [-0.15, -0.1) is 0 Å². The minimum Gasteiger partial charge on any atom is -0.368 e. The van der Waals surface area contributed by atoms with Gasteiger partial charge in [0.1, 0.15) is 12.1 Å². The van der Waals surface area contributed by atoms with E-state index in [0.717, 1.165) is 36.0 Å². The van der Waals surface area contributed by atoms with Crippen molar-refractivity contribution in [3.63, 3.8) is 0 Å². The lowest BCUT2D eigenvalue weighted by Gasteiger charge is -2.06. The molecule has 1 fully saturated rings. The minimum atomic E-state index is 0.751. The van der Waals surface area contributed by atoms with Gasteiger partial charge in [-0.05, 0) is 12.8 Å². The number of nitrogens with zero attached hydrogens (tertiary/aromatic N) is 4. The second-order valence-corrected chi connectivity index (χ2v) is 4.38. The normalized spacial score (nSPS) is 15.4. The molecule has 17 heavy (non-hydrogen) atoms. The zero-order chi connectivity index (χ0) is 11.7. The van der Waals surface area contributed by atoms with E-state index in [2.05, 4.69) is 25.7 Å². The molecule has 6 nitrogen and oxygen atoms in total. The first-order chi connectivity index (χ1) is 8.34. The molecular formula is C11H16N6. The highest BCUT2D eigenvalue weighted by Crippen LogP contribution is 2.19. The third-order valence-corrected chi connectivity index (χ3v) is 2.96. The summed E-state index contributed by atoms with van der Waals surface area (Å²) in [7, 11) is 1.88. The molecular weight excluding hydrogens is 216 g/mol. The number of fused-ring (bicyclic) bond motifs is 1. The highest BCUT2D eigenvalue weighted by molar-refractivity contribution is 5.85. The average Bonchev–Trinajstić information content (AvgIpc) is 3.09. The van der Waals surface area contributed by atoms with Crippen LogP contribution in [0, 0.1) is 0 Å². The van der Waals surface area contributed by atoms with Gasteiger partial charge in [-0.2, -0.15) is 5.10 Å². The molecule has 1 aliphatic carbocycles. The molecule has 1 aliphatic rings. The summed E-state index contributed by atoms with van der Waals surface area (Å²) in [5.41, 5.74) is 0.859. The fourth-order valence-corrected chi connectivity index (χ4v) is 1.85. The lowest BCUT2D eigenvalue weighted by molar-refractivity contribution is 0.701. The van der Waals surface area contributed by atoms with Crippen LogP contribution in [0.25, 0.3) is 11.0 Å². The first kappa shape index (κ1) is 10.5. The van der Waals surface area contributed by atoms with Crippen LogP contribution in [0.3, 0.4) is 0 Å². The molecule has 1 saturated carbocycles. The molecule has 2 aromatic rings. The summed E-state index contributed by atoms with van der Waals surface area (Å²) in [6.07, 6.45) is 6.01. The summed E-state index contributed by atoms with van der Waals surface area (Å²) in [5, 5.41) is 11.9. The fourth-order valence-electron chi connectivity index (χ4n) is 1.85. The van der Waals surface area contributed by atoms with E-state index in [1.165, 1.54) is 12.8 Å². The Morgan fingerprint density at radius 3 is 3.06 bits per heavy atom. The van der Waals surface area contributed by atoms with Gasteiger partial charge in [0.15, 0.2) is 5.65 Å². The van der Waals surface area contributed by atoms with E-state index in [4.69, 9.17) is 0 Å². The standard InChI is InChI=1S/C11H16N6/c1-17-11-9(6-16-17)10(14-7-15-11)13-5-4-12-8-2-3-8/h6-8,12H,2-5H2,1H3,(H,13,14,15). The molecule has 0 atom stereocenters. The van der Waals surface area contributed by atoms with Crippen LogP contribution in [-0.2, 0) is 7.05 Å². The lowest BCUT2D eigenvalue weighted by atomic mass is 10.4. The largest absolute Gasteiger partial charge is 0.368 e. The molecule has 2 N–H and O–H groups in total. The van der Waals surface area contributed by atoms with E-state index in [9.17, 15) is 0 Å². The van der Waals surface area contributed by atoms with Gasteiger partial charge in [0.25, 0.3) is 0 Å². The molecule has 0 amide bonds. The van der Waals surface area contributed by atoms with Gasteiger partial charge >= 0.3 is 0 Å². The highest BCUT2D eigenvalue weighted by atomic mass is 15.3. The summed E-state index contributed by atoms with van der Waals surface area (Å²) >= 11 is 0. The third kappa shape index (κ3) is 2.21. The predicted molar refractivity (Wildman–Crippen MR) is 65.8 cm³/mol. The highest BCUT2D eigenvalue weighted by Gasteiger charge is 2.19. The van der Waals surface area contributed by atoms with Crippen LogP contribution in [0.15, 0.2) is 12.5 Å². The Balaban J connectivity index is 1.66. The molecule has 0 saturated heterocycles. The SMILES string of the molecule is Cn1ncc2c(NCCNC3CC3)ncnc21. The summed E-state index contributed by atoms with van der Waals surface area (Å²) < 4.78 is 1.75. The second-order valence-electron chi connectivity index (χ2n) is 4.38. The first-order valence-electron chi connectivity index (χ1n) is 5.94. The van der Waals surface area contributed by atoms with Gasteiger partial charge in [0, 0.05) is 26.2 Å². The summed E-state index contributed by atoms with van der Waals surface area (Å²) in [6.45, 7) is 1.84. The quantitative estimate of drug-likeness (QED) is 0.736. The number of anilines is 1. The van der Waals surface area contributed by atoms with Crippen LogP contribution in [0.4, 0.5) is 5.82 Å². The van der Waals surface area contributed by atoms with Crippen LogP contribution >= 0.6 is 0 Å². The van der Waals surface area contributed by atoms with Gasteiger partial charge in [0.2, 0.25) is 0 Å². The zero-order valence-corrected chi connectivity index (χ0v) is 9.85. The van der Waals surface area contributed by atoms with Gasteiger partial charge < -0.3 is 10.6 Å². The first-order valence-corrected chi connectivity index (χ1v) is 5.94. The number of nitrogens with one attached hydrogen (secondary N) is 2. The maximum Gasteiger partial charge on any atom is 0.163 e. The van der Waals surface area contributed by atoms with Crippen LogP contribution < -0.4 is 10.6 Å². The topological polar surface area (TPSA) is 67.7 Å². The van der Waals surface area contributed by atoms with E-state index >= 15 is 0 Å². The number of hydrogen-bond acceptors (Lipinski definition) is 5. The molecule has 0 unspecified atom stereocenters. The van der Waals surface area contributed by atoms with Crippen molar-refractivity contribution in [2.24, 2.45) is 7.05 Å². The lowest BCUT2D eigenvalue weighted by Crippen LogP contribution is -2.24. The van der Waals surface area contributed by atoms with Crippen molar-refractivity contribution in [2.45, 2.75) is 18.9 Å². The van der Waals surface area contributed by atoms with Gasteiger partial charge in [-0.3, -0.25) is 4.68 Å². The number of rotatable bonds is 5. The molecule has 0 radical (unpaired) electrons. The van der Waals surface area contributed by atoms with Gasteiger partial charge in [0.05, 0.1) is 11.6 Å². The van der Waals surface area contributed by atoms with E-state index < -0.39 is 0 Å². The Bertz CT molecular complexity index is 516. The number of aryl methyl sites for hydroxylation is 1. The minimum absolute atomic E-state index is 0.751. The van der Waals surface area contributed by atoms with Crippen molar-refractivity contribution in [2.75, 3.05) is 18.4 Å². The maximum absolute atomic E-state index is 4.25. The van der Waals surface area contributed by atoms with Crippen LogP contribution in [0.5, 0.6) is 0 Å². The Morgan fingerprint density at radius 1 is 1.35 bits per heavy atom. The van der Waals surface area contributed by atoms with E-state index in [0.29, 0.717) is 0 Å². The molecule has 0 aliphatic heterocycles. The van der Waals surface area contributed by atoms with Crippen molar-refractivity contribution in [1.82, 2.24) is 25.1 Å². The van der Waals surface area contributed by atoms with Crippen LogP contribution in [0.1, 0.15) is 12.8 Å². The molecule has 0 spiro atoms. The third-order valence-electron chi connectivity index (χ3n) is 2.96. The predicted octanol–water partition coefficient (Wildman–Crippen LogP) is 0.527. The monoisotopic (exact) mass is 232 g/mol. The van der Waals surface area contributed by atoms with E-state index in [1.807, 2.05) is 7.05 Å². The molecule has 3 rings (SSSR count). The Labute approximate surface area is 99.4 Å². The van der Waals surface area contributed by atoms with Crippen molar-refractivity contribution < 1.29 is 0 Å². The van der Waals surface area contributed by atoms with E-state index in [1.54, 1.807) is 17.2 Å². The van der Waals surface area contributed by atoms with Crippen molar-refractivity contribution >= 4 is 16.9 Å². The van der Waals surface area contributed by atoms with Crippen molar-refractivity contribution in [3.05, 3.63) is 12.5 Å². The van der Waals surface area contributed by atoms with Gasteiger partial charge in [-0.1, -0.05) is 0 Å². The fraction of sp³-hybridized carbons (Fsp3) is 0.545. The second kappa shape index (κ2) is 4.29. The van der Waals surface area contributed by atoms with E-state index in [-0.39, 0.29) is 0 Å². The molecule has 6 heteroatoms. The average molecular weight is 232 g/mol. The van der Waals surface area contributed by atoms with Crippen LogP contribution in [0.2, 0.25) is 0 Å². The summed E-state index contributed by atoms with van der Waals surface area (Å²) in [6, 6.07) is 0.751.